The normalized spacial score (nSPS) is 17.6. The van der Waals surface area contributed by atoms with Gasteiger partial charge in [-0.15, -0.1) is 10.8 Å². The molecule has 3 rings (SSSR count). The minimum Gasteiger partial charge on any atom is -0.322 e. The lowest BCUT2D eigenvalue weighted by molar-refractivity contribution is 0.102. The molecule has 1 amide bonds. The Labute approximate surface area is 151 Å². The number of anilines is 2. The van der Waals surface area contributed by atoms with E-state index in [2.05, 4.69) is 5.32 Å². The van der Waals surface area contributed by atoms with E-state index >= 15 is 0 Å². The molecule has 0 bridgehead atoms. The molecule has 2 aromatic rings. The Hall–Kier alpha value is -1.44. The quantitative estimate of drug-likeness (QED) is 0.684. The van der Waals surface area contributed by atoms with Crippen molar-refractivity contribution in [2.24, 2.45) is 0 Å². The number of halogens is 2. The number of nitrogens with one attached hydrogen (secondary N) is 1. The van der Waals surface area contributed by atoms with Gasteiger partial charge in [-0.05, 0) is 42.8 Å². The van der Waals surface area contributed by atoms with Crippen molar-refractivity contribution in [3.05, 3.63) is 58.1 Å². The molecule has 0 saturated carbocycles. The molecule has 1 fully saturated rings. The highest BCUT2D eigenvalue weighted by Crippen LogP contribution is 2.51. The summed E-state index contributed by atoms with van der Waals surface area (Å²) in [7, 11) is -2.82. The summed E-state index contributed by atoms with van der Waals surface area (Å²) >= 11 is 12.1. The van der Waals surface area contributed by atoms with E-state index in [0.29, 0.717) is 35.1 Å². The Morgan fingerprint density at radius 3 is 2.62 bits per heavy atom. The van der Waals surface area contributed by atoms with Gasteiger partial charge in [0.1, 0.15) is 0 Å². The van der Waals surface area contributed by atoms with E-state index in [1.165, 1.54) is 4.31 Å². The van der Waals surface area contributed by atoms with Crippen LogP contribution in [0.1, 0.15) is 16.8 Å². The summed E-state index contributed by atoms with van der Waals surface area (Å²) in [6, 6.07) is 11.6. The summed E-state index contributed by atoms with van der Waals surface area (Å²) in [6.45, 7) is 0.527. The Balaban J connectivity index is 1.87. The van der Waals surface area contributed by atoms with Crippen LogP contribution in [0.4, 0.5) is 11.4 Å². The van der Waals surface area contributed by atoms with Crippen LogP contribution in [0, 0.1) is 0 Å². The third-order valence-electron chi connectivity index (χ3n) is 3.70. The Morgan fingerprint density at radius 1 is 1.17 bits per heavy atom. The SMILES string of the molecule is O=C(Nc1cccc(Cl)c1)c1cc(N2CCCS2(O)O)ccc1Cl. The van der Waals surface area contributed by atoms with Crippen LogP contribution in [0.5, 0.6) is 0 Å². The van der Waals surface area contributed by atoms with Crippen LogP contribution in [-0.2, 0) is 0 Å². The van der Waals surface area contributed by atoms with Crippen molar-refractivity contribution in [3.63, 3.8) is 0 Å². The predicted molar refractivity (Wildman–Crippen MR) is 101 cm³/mol. The number of hydrogen-bond acceptors (Lipinski definition) is 4. The molecule has 24 heavy (non-hydrogen) atoms. The van der Waals surface area contributed by atoms with Gasteiger partial charge in [0.05, 0.1) is 22.0 Å². The molecule has 1 aliphatic rings. The lowest BCUT2D eigenvalue weighted by atomic mass is 10.1. The lowest BCUT2D eigenvalue weighted by Crippen LogP contribution is -2.22. The molecular formula is C16H16Cl2N2O3S. The number of carbonyl (C=O) groups excluding carboxylic acids is 1. The van der Waals surface area contributed by atoms with Crippen LogP contribution >= 0.6 is 34.0 Å². The van der Waals surface area contributed by atoms with Gasteiger partial charge in [0.15, 0.2) is 0 Å². The first-order valence-electron chi connectivity index (χ1n) is 7.27. The maximum atomic E-state index is 12.5. The molecule has 8 heteroatoms. The molecule has 0 radical (unpaired) electrons. The zero-order valence-electron chi connectivity index (χ0n) is 12.6. The highest BCUT2D eigenvalue weighted by Gasteiger charge is 2.29. The van der Waals surface area contributed by atoms with Crippen molar-refractivity contribution in [2.45, 2.75) is 6.42 Å². The summed E-state index contributed by atoms with van der Waals surface area (Å²) in [5, 5.41) is 3.53. The van der Waals surface area contributed by atoms with Gasteiger partial charge in [-0.2, -0.15) is 0 Å². The maximum absolute atomic E-state index is 12.5. The van der Waals surface area contributed by atoms with Gasteiger partial charge in [-0.3, -0.25) is 18.2 Å². The van der Waals surface area contributed by atoms with Crippen LogP contribution < -0.4 is 9.62 Å². The molecule has 0 spiro atoms. The van der Waals surface area contributed by atoms with Crippen LogP contribution in [0.15, 0.2) is 42.5 Å². The molecule has 3 N–H and O–H groups in total. The second-order valence-corrected chi connectivity index (χ2v) is 8.38. The standard InChI is InChI=1S/C16H16Cl2N2O3S/c17-11-3-1-4-12(9-11)19-16(21)14-10-13(5-6-15(14)18)20-7-2-8-24(20,22)23/h1,3-6,9-10,22-23H,2,7-8H2,(H,19,21). The molecule has 0 aliphatic carbocycles. The van der Waals surface area contributed by atoms with Crippen molar-refractivity contribution < 1.29 is 13.9 Å². The van der Waals surface area contributed by atoms with E-state index in [0.717, 1.165) is 0 Å². The summed E-state index contributed by atoms with van der Waals surface area (Å²) in [5.41, 5.74) is 1.38. The van der Waals surface area contributed by atoms with E-state index in [4.69, 9.17) is 23.2 Å². The number of amides is 1. The zero-order chi connectivity index (χ0) is 17.3. The largest absolute Gasteiger partial charge is 0.322 e. The predicted octanol–water partition coefficient (Wildman–Crippen LogP) is 5.12. The average Bonchev–Trinajstić information content (AvgIpc) is 2.87. The molecular weight excluding hydrogens is 371 g/mol. The molecule has 0 aromatic heterocycles. The Bertz CT molecular complexity index is 786. The second-order valence-electron chi connectivity index (χ2n) is 5.42. The van der Waals surface area contributed by atoms with Crippen molar-refractivity contribution in [3.8, 4) is 0 Å². The Morgan fingerprint density at radius 2 is 1.96 bits per heavy atom. The second kappa shape index (κ2) is 6.82. The van der Waals surface area contributed by atoms with E-state index in [9.17, 15) is 13.9 Å². The maximum Gasteiger partial charge on any atom is 0.257 e. The first kappa shape index (κ1) is 17.4. The minimum atomic E-state index is -2.82. The van der Waals surface area contributed by atoms with Gasteiger partial charge in [0, 0.05) is 17.3 Å². The molecule has 0 atom stereocenters. The van der Waals surface area contributed by atoms with E-state index in [-0.39, 0.29) is 16.5 Å². The Kier molecular flexibility index (Phi) is 4.94. The number of carbonyl (C=O) groups is 1. The van der Waals surface area contributed by atoms with Gasteiger partial charge >= 0.3 is 0 Å². The summed E-state index contributed by atoms with van der Waals surface area (Å²) < 4.78 is 21.7. The molecule has 1 saturated heterocycles. The van der Waals surface area contributed by atoms with Crippen molar-refractivity contribution in [1.29, 1.82) is 0 Å². The topological polar surface area (TPSA) is 72.8 Å². The minimum absolute atomic E-state index is 0.260. The van der Waals surface area contributed by atoms with Crippen molar-refractivity contribution in [1.82, 2.24) is 0 Å². The highest BCUT2D eigenvalue weighted by atomic mass is 35.5. The fraction of sp³-hybridized carbons (Fsp3) is 0.188. The van der Waals surface area contributed by atoms with Gasteiger partial charge in [-0.25, -0.2) is 0 Å². The van der Waals surface area contributed by atoms with Gasteiger partial charge in [0.2, 0.25) is 0 Å². The third kappa shape index (κ3) is 3.63. The van der Waals surface area contributed by atoms with Crippen LogP contribution in [-0.4, -0.2) is 27.3 Å². The fourth-order valence-electron chi connectivity index (χ4n) is 2.56. The summed E-state index contributed by atoms with van der Waals surface area (Å²) in [4.78, 5) is 12.5. The lowest BCUT2D eigenvalue weighted by Gasteiger charge is -2.38. The third-order valence-corrected chi connectivity index (χ3v) is 6.20. The molecule has 2 aromatic carbocycles. The number of nitrogens with zero attached hydrogens (tertiary/aromatic N) is 1. The van der Waals surface area contributed by atoms with E-state index < -0.39 is 10.8 Å². The summed E-state index contributed by atoms with van der Waals surface area (Å²) in [5.74, 6) is -0.0561. The van der Waals surface area contributed by atoms with Crippen molar-refractivity contribution >= 4 is 51.3 Å². The van der Waals surface area contributed by atoms with E-state index in [1.807, 2.05) is 0 Å². The van der Waals surface area contributed by atoms with E-state index in [1.54, 1.807) is 42.5 Å². The number of rotatable bonds is 3. The first-order chi connectivity index (χ1) is 11.4. The van der Waals surface area contributed by atoms with Gasteiger partial charge in [-0.1, -0.05) is 29.3 Å². The zero-order valence-corrected chi connectivity index (χ0v) is 14.9. The van der Waals surface area contributed by atoms with Crippen LogP contribution in [0.25, 0.3) is 0 Å². The molecule has 1 aliphatic heterocycles. The smallest absolute Gasteiger partial charge is 0.257 e. The highest BCUT2D eigenvalue weighted by molar-refractivity contribution is 8.25. The van der Waals surface area contributed by atoms with Crippen LogP contribution in [0.3, 0.4) is 0 Å². The fourth-order valence-corrected chi connectivity index (χ4v) is 4.57. The summed E-state index contributed by atoms with van der Waals surface area (Å²) in [6.07, 6.45) is 0.689. The number of benzene rings is 2. The van der Waals surface area contributed by atoms with Crippen LogP contribution in [0.2, 0.25) is 10.0 Å². The van der Waals surface area contributed by atoms with Gasteiger partial charge in [0.25, 0.3) is 5.91 Å². The molecule has 5 nitrogen and oxygen atoms in total. The molecule has 128 valence electrons. The van der Waals surface area contributed by atoms with Gasteiger partial charge < -0.3 is 5.32 Å². The average molecular weight is 387 g/mol. The number of hydrogen-bond donors (Lipinski definition) is 3. The molecule has 1 heterocycles. The molecule has 0 unspecified atom stereocenters. The van der Waals surface area contributed by atoms with Crippen molar-refractivity contribution in [2.75, 3.05) is 21.9 Å². The first-order valence-corrected chi connectivity index (χ1v) is 9.70. The monoisotopic (exact) mass is 386 g/mol.